The second-order valence-electron chi connectivity index (χ2n) is 4.19. The van der Waals surface area contributed by atoms with Gasteiger partial charge in [0.1, 0.15) is 11.3 Å². The minimum absolute atomic E-state index is 0.113. The molecule has 3 aromatic rings. The van der Waals surface area contributed by atoms with Crippen molar-refractivity contribution in [2.75, 3.05) is 5.32 Å². The molecule has 2 aromatic carbocycles. The first kappa shape index (κ1) is 13.6. The summed E-state index contributed by atoms with van der Waals surface area (Å²) < 4.78 is 14.9. The molecule has 0 aliphatic rings. The van der Waals surface area contributed by atoms with Crippen LogP contribution in [0.4, 0.5) is 10.1 Å². The Morgan fingerprint density at radius 1 is 1.15 bits per heavy atom. The van der Waals surface area contributed by atoms with E-state index in [-0.39, 0.29) is 5.02 Å². The molecule has 0 fully saturated rings. The molecule has 0 amide bonds. The van der Waals surface area contributed by atoms with Gasteiger partial charge in [-0.05, 0) is 18.2 Å². The van der Waals surface area contributed by atoms with Gasteiger partial charge in [-0.15, -0.1) is 11.3 Å². The Balaban J connectivity index is 1.92. The van der Waals surface area contributed by atoms with Crippen molar-refractivity contribution in [2.24, 2.45) is 0 Å². The molecule has 0 aliphatic heterocycles. The van der Waals surface area contributed by atoms with Gasteiger partial charge in [-0.1, -0.05) is 35.3 Å². The zero-order valence-corrected chi connectivity index (χ0v) is 12.5. The van der Waals surface area contributed by atoms with E-state index in [2.05, 4.69) is 10.3 Å². The van der Waals surface area contributed by atoms with E-state index in [1.54, 1.807) is 23.7 Å². The Kier molecular flexibility index (Phi) is 3.78. The zero-order chi connectivity index (χ0) is 14.1. The zero-order valence-electron chi connectivity index (χ0n) is 10.2. The minimum atomic E-state index is -0.414. The summed E-state index contributed by atoms with van der Waals surface area (Å²) in [4.78, 5) is 4.28. The smallest absolute Gasteiger partial charge is 0.146 e. The number of fused-ring (bicyclic) bond motifs is 1. The molecule has 6 heteroatoms. The van der Waals surface area contributed by atoms with Gasteiger partial charge in [0.2, 0.25) is 0 Å². The molecule has 0 aliphatic carbocycles. The average Bonchev–Trinajstić information content (AvgIpc) is 2.90. The van der Waals surface area contributed by atoms with E-state index in [0.717, 1.165) is 10.2 Å². The molecule has 1 aromatic heterocycles. The molecule has 0 bridgehead atoms. The minimum Gasteiger partial charge on any atom is -0.378 e. The molecule has 3 rings (SSSR count). The second kappa shape index (κ2) is 5.56. The van der Waals surface area contributed by atoms with E-state index in [9.17, 15) is 4.39 Å². The lowest BCUT2D eigenvalue weighted by molar-refractivity contribution is 0.613. The first-order valence-electron chi connectivity index (χ1n) is 5.85. The molecule has 0 unspecified atom stereocenters. The number of hydrogen-bond donors (Lipinski definition) is 1. The second-order valence-corrected chi connectivity index (χ2v) is 5.89. The predicted octanol–water partition coefficient (Wildman–Crippen LogP) is 5.35. The van der Waals surface area contributed by atoms with Crippen LogP contribution >= 0.6 is 34.5 Å². The lowest BCUT2D eigenvalue weighted by Crippen LogP contribution is -2.03. The number of aromatic nitrogens is 1. The normalized spacial score (nSPS) is 10.9. The topological polar surface area (TPSA) is 24.9 Å². The van der Waals surface area contributed by atoms with Crippen molar-refractivity contribution >= 4 is 50.4 Å². The monoisotopic (exact) mass is 326 g/mol. The lowest BCUT2D eigenvalue weighted by atomic mass is 10.2. The van der Waals surface area contributed by atoms with Crippen LogP contribution < -0.4 is 5.32 Å². The average molecular weight is 327 g/mol. The van der Waals surface area contributed by atoms with Crippen LogP contribution in [0.2, 0.25) is 10.0 Å². The number of rotatable bonds is 3. The van der Waals surface area contributed by atoms with Crippen LogP contribution in [0.25, 0.3) is 10.2 Å². The number of nitrogens with one attached hydrogen (secondary N) is 1. The molecular weight excluding hydrogens is 318 g/mol. The summed E-state index contributed by atoms with van der Waals surface area (Å²) in [5.74, 6) is -0.414. The van der Waals surface area contributed by atoms with Crippen LogP contribution in [-0.4, -0.2) is 4.98 Å². The number of benzene rings is 2. The molecule has 0 saturated heterocycles. The maximum Gasteiger partial charge on any atom is 0.146 e. The molecule has 2 nitrogen and oxygen atoms in total. The summed E-state index contributed by atoms with van der Waals surface area (Å²) in [5.41, 5.74) is 3.75. The van der Waals surface area contributed by atoms with Crippen LogP contribution in [-0.2, 0) is 6.54 Å². The largest absolute Gasteiger partial charge is 0.378 e. The highest BCUT2D eigenvalue weighted by atomic mass is 35.5. The summed E-state index contributed by atoms with van der Waals surface area (Å²) in [7, 11) is 0. The summed E-state index contributed by atoms with van der Waals surface area (Å²) in [6.07, 6.45) is 0. The van der Waals surface area contributed by atoms with Gasteiger partial charge < -0.3 is 5.32 Å². The molecule has 0 spiro atoms. The van der Waals surface area contributed by atoms with Crippen molar-refractivity contribution in [3.63, 3.8) is 0 Å². The molecule has 0 atom stereocenters. The van der Waals surface area contributed by atoms with E-state index in [4.69, 9.17) is 23.2 Å². The maximum absolute atomic E-state index is 13.8. The molecule has 0 saturated carbocycles. The van der Waals surface area contributed by atoms with Gasteiger partial charge in [0.15, 0.2) is 0 Å². The van der Waals surface area contributed by atoms with Crippen molar-refractivity contribution in [2.45, 2.75) is 6.54 Å². The fraction of sp³-hybridized carbons (Fsp3) is 0.0714. The number of halogens is 3. The summed E-state index contributed by atoms with van der Waals surface area (Å²) in [6.45, 7) is 0.294. The highest BCUT2D eigenvalue weighted by Crippen LogP contribution is 2.32. The van der Waals surface area contributed by atoms with E-state index >= 15 is 0 Å². The predicted molar refractivity (Wildman–Crippen MR) is 83.4 cm³/mol. The lowest BCUT2D eigenvalue weighted by Gasteiger charge is -2.10. The van der Waals surface area contributed by atoms with Gasteiger partial charge in [0.25, 0.3) is 0 Å². The van der Waals surface area contributed by atoms with Crippen LogP contribution in [0.3, 0.4) is 0 Å². The first-order valence-corrected chi connectivity index (χ1v) is 7.49. The van der Waals surface area contributed by atoms with Gasteiger partial charge in [-0.2, -0.15) is 0 Å². The van der Waals surface area contributed by atoms with Crippen molar-refractivity contribution < 1.29 is 4.39 Å². The SMILES string of the molecule is Fc1c(Cl)cccc1CNc1c(Cl)ccc2scnc12. The number of anilines is 1. The van der Waals surface area contributed by atoms with Crippen molar-refractivity contribution in [3.05, 3.63) is 57.3 Å². The fourth-order valence-electron chi connectivity index (χ4n) is 1.94. The number of nitrogens with zero attached hydrogens (tertiary/aromatic N) is 1. The fourth-order valence-corrected chi connectivity index (χ4v) is 3.04. The Labute approximate surface area is 129 Å². The van der Waals surface area contributed by atoms with Crippen LogP contribution in [0.1, 0.15) is 5.56 Å². The van der Waals surface area contributed by atoms with Gasteiger partial charge in [-0.25, -0.2) is 9.37 Å². The number of hydrogen-bond acceptors (Lipinski definition) is 3. The van der Waals surface area contributed by atoms with Crippen LogP contribution in [0.5, 0.6) is 0 Å². The van der Waals surface area contributed by atoms with Crippen molar-refractivity contribution in [3.8, 4) is 0 Å². The van der Waals surface area contributed by atoms with E-state index < -0.39 is 5.82 Å². The summed E-state index contributed by atoms with van der Waals surface area (Å²) in [5, 5.41) is 3.81. The maximum atomic E-state index is 13.8. The molecule has 1 heterocycles. The van der Waals surface area contributed by atoms with Crippen LogP contribution in [0.15, 0.2) is 35.8 Å². The highest BCUT2D eigenvalue weighted by molar-refractivity contribution is 7.16. The van der Waals surface area contributed by atoms with Gasteiger partial charge in [0.05, 0.1) is 25.9 Å². The first-order chi connectivity index (χ1) is 9.66. The molecule has 102 valence electrons. The standard InChI is InChI=1S/C14H9Cl2FN2S/c15-9-3-1-2-8(12(9)17)6-18-13-10(16)4-5-11-14(13)19-7-20-11/h1-5,7,18H,6H2. The highest BCUT2D eigenvalue weighted by Gasteiger charge is 2.10. The number of thiazole rings is 1. The van der Waals surface area contributed by atoms with Gasteiger partial charge in [0, 0.05) is 12.1 Å². The molecule has 20 heavy (non-hydrogen) atoms. The summed E-state index contributed by atoms with van der Waals surface area (Å²) >= 11 is 13.5. The Morgan fingerprint density at radius 3 is 2.85 bits per heavy atom. The Hall–Kier alpha value is -1.36. The van der Waals surface area contributed by atoms with Gasteiger partial charge in [-0.3, -0.25) is 0 Å². The molecule has 0 radical (unpaired) electrons. The van der Waals surface area contributed by atoms with Gasteiger partial charge >= 0.3 is 0 Å². The Bertz CT molecular complexity index is 773. The quantitative estimate of drug-likeness (QED) is 0.701. The van der Waals surface area contributed by atoms with Crippen molar-refractivity contribution in [1.82, 2.24) is 4.98 Å². The molecule has 1 N–H and O–H groups in total. The summed E-state index contributed by atoms with van der Waals surface area (Å²) in [6, 6.07) is 8.64. The van der Waals surface area contributed by atoms with Crippen LogP contribution in [0, 0.1) is 5.82 Å². The molecular formula is C14H9Cl2FN2S. The van der Waals surface area contributed by atoms with Crippen molar-refractivity contribution in [1.29, 1.82) is 0 Å². The third-order valence-electron chi connectivity index (χ3n) is 2.94. The Morgan fingerprint density at radius 2 is 2.00 bits per heavy atom. The van der Waals surface area contributed by atoms with E-state index in [1.165, 1.54) is 17.4 Å². The third kappa shape index (κ3) is 2.46. The van der Waals surface area contributed by atoms with E-state index in [0.29, 0.717) is 22.8 Å². The van der Waals surface area contributed by atoms with E-state index in [1.807, 2.05) is 6.07 Å². The third-order valence-corrected chi connectivity index (χ3v) is 4.34.